The Balaban J connectivity index is 2.66. The molecule has 2 atom stereocenters. The smallest absolute Gasteiger partial charge is 0.147 e. The third-order valence-electron chi connectivity index (χ3n) is 1.83. The molecule has 0 aliphatic rings. The largest absolute Gasteiger partial charge is 0.310 e. The van der Waals surface area contributed by atoms with Crippen LogP contribution < -0.4 is 5.32 Å². The summed E-state index contributed by atoms with van der Waals surface area (Å²) in [7, 11) is 3.00. The molecule has 0 fully saturated rings. The summed E-state index contributed by atoms with van der Waals surface area (Å²) in [5.41, 5.74) is 1.40. The second-order valence-electron chi connectivity index (χ2n) is 2.69. The molecule has 64 valence electrons. The molecule has 0 amide bonds. The van der Waals surface area contributed by atoms with E-state index >= 15 is 0 Å². The Morgan fingerprint density at radius 3 is 2.50 bits per heavy atom. The highest BCUT2D eigenvalue weighted by atomic mass is 31.1. The van der Waals surface area contributed by atoms with Gasteiger partial charge >= 0.3 is 0 Å². The molecule has 0 radical (unpaired) electrons. The van der Waals surface area contributed by atoms with Crippen LogP contribution in [0.2, 0.25) is 6.82 Å². The lowest BCUT2D eigenvalue weighted by Crippen LogP contribution is -2.11. The van der Waals surface area contributed by atoms with E-state index < -0.39 is 0 Å². The molecule has 0 aliphatic carbocycles. The van der Waals surface area contributed by atoms with Crippen LogP contribution in [0.5, 0.6) is 0 Å². The first-order valence-corrected chi connectivity index (χ1v) is 5.62. The standard InChI is InChI=1S/C9H15BNP/c1-10-12-9(11-2)8-6-4-3-5-7-8/h3-7,9-12H,1-2H3. The first kappa shape index (κ1) is 9.76. The maximum Gasteiger partial charge on any atom is 0.147 e. The van der Waals surface area contributed by atoms with Gasteiger partial charge < -0.3 is 5.32 Å². The van der Waals surface area contributed by atoms with E-state index in [1.54, 1.807) is 0 Å². The molecule has 1 N–H and O–H groups in total. The minimum atomic E-state index is 0.552. The maximum absolute atomic E-state index is 3.33. The second-order valence-corrected chi connectivity index (χ2v) is 4.38. The van der Waals surface area contributed by atoms with Crippen molar-refractivity contribution < 1.29 is 0 Å². The molecule has 1 rings (SSSR count). The molecule has 0 bridgehead atoms. The van der Waals surface area contributed by atoms with Crippen LogP contribution >= 0.6 is 8.46 Å². The van der Waals surface area contributed by atoms with Crippen LogP contribution in [0.15, 0.2) is 30.3 Å². The molecule has 1 aromatic carbocycles. The molecule has 0 saturated carbocycles. The van der Waals surface area contributed by atoms with Crippen LogP contribution in [0.3, 0.4) is 0 Å². The van der Waals surface area contributed by atoms with Crippen LogP contribution in [-0.4, -0.2) is 14.0 Å². The van der Waals surface area contributed by atoms with E-state index in [0.717, 1.165) is 8.46 Å². The topological polar surface area (TPSA) is 12.0 Å². The monoisotopic (exact) mass is 179 g/mol. The van der Waals surface area contributed by atoms with Gasteiger partial charge in [0, 0.05) is 5.78 Å². The Morgan fingerprint density at radius 2 is 2.00 bits per heavy atom. The van der Waals surface area contributed by atoms with Gasteiger partial charge in [0.25, 0.3) is 0 Å². The van der Waals surface area contributed by atoms with Crippen LogP contribution in [0.4, 0.5) is 0 Å². The quantitative estimate of drug-likeness (QED) is 0.550. The van der Waals surface area contributed by atoms with E-state index in [1.807, 2.05) is 7.05 Å². The van der Waals surface area contributed by atoms with E-state index in [-0.39, 0.29) is 0 Å². The third kappa shape index (κ3) is 2.62. The summed E-state index contributed by atoms with van der Waals surface area (Å²) in [4.78, 5) is 0. The highest BCUT2D eigenvalue weighted by Crippen LogP contribution is 2.29. The van der Waals surface area contributed by atoms with Crippen molar-refractivity contribution >= 4 is 15.5 Å². The number of rotatable bonds is 4. The Hall–Kier alpha value is -0.325. The van der Waals surface area contributed by atoms with Gasteiger partial charge in [0.05, 0.1) is 0 Å². The van der Waals surface area contributed by atoms with Gasteiger partial charge in [0.2, 0.25) is 0 Å². The van der Waals surface area contributed by atoms with Crippen molar-refractivity contribution in [1.82, 2.24) is 5.32 Å². The molecule has 0 aromatic heterocycles. The predicted octanol–water partition coefficient (Wildman–Crippen LogP) is 1.98. The highest BCUT2D eigenvalue weighted by Gasteiger charge is 2.05. The fraction of sp³-hybridized carbons (Fsp3) is 0.333. The van der Waals surface area contributed by atoms with Gasteiger partial charge in [-0.05, 0) is 12.6 Å². The Morgan fingerprint density at radius 1 is 1.33 bits per heavy atom. The second kappa shape index (κ2) is 5.34. The lowest BCUT2D eigenvalue weighted by Gasteiger charge is -2.15. The average Bonchev–Trinajstić information content (AvgIpc) is 2.15. The first-order valence-electron chi connectivity index (χ1n) is 4.34. The summed E-state index contributed by atoms with van der Waals surface area (Å²) >= 11 is 0. The number of hydrogen-bond donors (Lipinski definition) is 1. The number of benzene rings is 1. The molecule has 3 heteroatoms. The average molecular weight is 179 g/mol. The molecule has 1 nitrogen and oxygen atoms in total. The fourth-order valence-electron chi connectivity index (χ4n) is 1.24. The Labute approximate surface area is 76.9 Å². The summed E-state index contributed by atoms with van der Waals surface area (Å²) in [6.07, 6.45) is 0. The molecule has 0 spiro atoms. The molecule has 0 aliphatic heterocycles. The van der Waals surface area contributed by atoms with Crippen LogP contribution in [0, 0.1) is 0 Å². The van der Waals surface area contributed by atoms with Crippen LogP contribution in [-0.2, 0) is 0 Å². The van der Waals surface area contributed by atoms with E-state index in [4.69, 9.17) is 0 Å². The normalized spacial score (nSPS) is 13.5. The van der Waals surface area contributed by atoms with Crippen LogP contribution in [0.25, 0.3) is 0 Å². The third-order valence-corrected chi connectivity index (χ3v) is 3.27. The van der Waals surface area contributed by atoms with Crippen molar-refractivity contribution in [2.24, 2.45) is 0 Å². The highest BCUT2D eigenvalue weighted by molar-refractivity contribution is 7.71. The molecule has 2 unspecified atom stereocenters. The van der Waals surface area contributed by atoms with Gasteiger partial charge in [0.15, 0.2) is 0 Å². The van der Waals surface area contributed by atoms with E-state index in [0.29, 0.717) is 5.78 Å². The lowest BCUT2D eigenvalue weighted by molar-refractivity contribution is 0.793. The van der Waals surface area contributed by atoms with Crippen molar-refractivity contribution in [2.75, 3.05) is 7.05 Å². The summed E-state index contributed by atoms with van der Waals surface area (Å²) in [5, 5.41) is 3.33. The van der Waals surface area contributed by atoms with Gasteiger partial charge in [-0.2, -0.15) is 0 Å². The summed E-state index contributed by atoms with van der Waals surface area (Å²) < 4.78 is 0. The van der Waals surface area contributed by atoms with Crippen molar-refractivity contribution in [2.45, 2.75) is 12.6 Å². The van der Waals surface area contributed by atoms with E-state index in [9.17, 15) is 0 Å². The fourth-order valence-corrected chi connectivity index (χ4v) is 2.28. The zero-order chi connectivity index (χ0) is 8.81. The van der Waals surface area contributed by atoms with Gasteiger partial charge in [-0.3, -0.25) is 0 Å². The molecular formula is C9H15BNP. The van der Waals surface area contributed by atoms with Crippen molar-refractivity contribution in [3.63, 3.8) is 0 Å². The zero-order valence-corrected chi connectivity index (χ0v) is 8.67. The van der Waals surface area contributed by atoms with Crippen molar-refractivity contribution in [3.8, 4) is 0 Å². The number of nitrogens with one attached hydrogen (secondary N) is 1. The van der Waals surface area contributed by atoms with Gasteiger partial charge in [-0.1, -0.05) is 37.2 Å². The lowest BCUT2D eigenvalue weighted by atomic mass is 10.2. The molecule has 1 aromatic rings. The summed E-state index contributed by atoms with van der Waals surface area (Å²) in [5.74, 6) is 0.552. The van der Waals surface area contributed by atoms with Crippen molar-refractivity contribution in [1.29, 1.82) is 0 Å². The zero-order valence-electron chi connectivity index (χ0n) is 7.67. The molecular weight excluding hydrogens is 164 g/mol. The van der Waals surface area contributed by atoms with Gasteiger partial charge in [-0.15, -0.1) is 8.46 Å². The van der Waals surface area contributed by atoms with Gasteiger partial charge in [0.1, 0.15) is 7.00 Å². The predicted molar refractivity (Wildman–Crippen MR) is 59.6 cm³/mol. The minimum absolute atomic E-state index is 0.552. The Kier molecular flexibility index (Phi) is 4.35. The van der Waals surface area contributed by atoms with E-state index in [2.05, 4.69) is 42.5 Å². The SMILES string of the molecule is CBPC(NC)c1ccccc1. The summed E-state index contributed by atoms with van der Waals surface area (Å²) in [6, 6.07) is 10.6. The maximum atomic E-state index is 3.33. The summed E-state index contributed by atoms with van der Waals surface area (Å²) in [6.45, 7) is 3.48. The van der Waals surface area contributed by atoms with Crippen LogP contribution in [0.1, 0.15) is 11.3 Å². The van der Waals surface area contributed by atoms with Crippen molar-refractivity contribution in [3.05, 3.63) is 35.9 Å². The Bertz CT molecular complexity index is 215. The minimum Gasteiger partial charge on any atom is -0.310 e. The molecule has 0 saturated heterocycles. The van der Waals surface area contributed by atoms with Gasteiger partial charge in [-0.25, -0.2) is 0 Å². The molecule has 0 heterocycles. The number of hydrogen-bond acceptors (Lipinski definition) is 1. The van der Waals surface area contributed by atoms with E-state index in [1.165, 1.54) is 12.6 Å². The molecule has 12 heavy (non-hydrogen) atoms. The first-order chi connectivity index (χ1) is 5.88.